The molecule has 0 fully saturated rings. The Morgan fingerprint density at radius 1 is 0.923 bits per heavy atom. The van der Waals surface area contributed by atoms with Crippen LogP contribution >= 0.6 is 0 Å². The van der Waals surface area contributed by atoms with Gasteiger partial charge in [-0.3, -0.25) is 0 Å². The first-order valence-electron chi connectivity index (χ1n) is 5.43. The molecule has 0 spiro atoms. The molecule has 0 saturated carbocycles. The van der Waals surface area contributed by atoms with Crippen molar-refractivity contribution in [2.24, 2.45) is 0 Å². The molecule has 0 radical (unpaired) electrons. The van der Waals surface area contributed by atoms with E-state index in [0.29, 0.717) is 0 Å². The van der Waals surface area contributed by atoms with Crippen molar-refractivity contribution in [3.05, 3.63) is 34.9 Å². The SMILES string of the molecule is CCCc1c(CC)cccc1CC. The molecule has 0 aliphatic heterocycles. The molecule has 72 valence electrons. The van der Waals surface area contributed by atoms with Crippen molar-refractivity contribution in [3.63, 3.8) is 0 Å². The topological polar surface area (TPSA) is 0 Å². The fraction of sp³-hybridized carbons (Fsp3) is 0.538. The van der Waals surface area contributed by atoms with Gasteiger partial charge >= 0.3 is 0 Å². The summed E-state index contributed by atoms with van der Waals surface area (Å²) >= 11 is 0. The maximum atomic E-state index is 2.27. The van der Waals surface area contributed by atoms with E-state index in [1.807, 2.05) is 0 Å². The predicted molar refractivity (Wildman–Crippen MR) is 59.2 cm³/mol. The third-order valence-electron chi connectivity index (χ3n) is 2.63. The Morgan fingerprint density at radius 3 is 1.85 bits per heavy atom. The minimum Gasteiger partial charge on any atom is -0.0651 e. The van der Waals surface area contributed by atoms with Crippen molar-refractivity contribution in [2.45, 2.75) is 46.5 Å². The Morgan fingerprint density at radius 2 is 1.46 bits per heavy atom. The van der Waals surface area contributed by atoms with E-state index in [-0.39, 0.29) is 0 Å². The Labute approximate surface area is 82.0 Å². The highest BCUT2D eigenvalue weighted by Gasteiger charge is 2.03. The van der Waals surface area contributed by atoms with Crippen molar-refractivity contribution in [1.82, 2.24) is 0 Å². The lowest BCUT2D eigenvalue weighted by molar-refractivity contribution is 0.876. The molecule has 13 heavy (non-hydrogen) atoms. The minimum atomic E-state index is 1.17. The molecule has 0 saturated heterocycles. The molecule has 1 aromatic rings. The molecule has 1 aromatic carbocycles. The summed E-state index contributed by atoms with van der Waals surface area (Å²) in [5.41, 5.74) is 4.69. The van der Waals surface area contributed by atoms with Crippen LogP contribution in [0.3, 0.4) is 0 Å². The van der Waals surface area contributed by atoms with E-state index in [9.17, 15) is 0 Å². The largest absolute Gasteiger partial charge is 0.0651 e. The van der Waals surface area contributed by atoms with Crippen LogP contribution < -0.4 is 0 Å². The summed E-state index contributed by atoms with van der Waals surface area (Å²) in [6.45, 7) is 6.74. The Bertz CT molecular complexity index is 238. The second-order valence-electron chi connectivity index (χ2n) is 3.51. The molecule has 0 aromatic heterocycles. The monoisotopic (exact) mass is 176 g/mol. The number of aryl methyl sites for hydroxylation is 2. The summed E-state index contributed by atoms with van der Waals surface area (Å²) in [5.74, 6) is 0. The van der Waals surface area contributed by atoms with Crippen molar-refractivity contribution in [1.29, 1.82) is 0 Å². The molecule has 0 N–H and O–H groups in total. The van der Waals surface area contributed by atoms with Crippen LogP contribution in [0.4, 0.5) is 0 Å². The van der Waals surface area contributed by atoms with Gasteiger partial charge in [0.2, 0.25) is 0 Å². The van der Waals surface area contributed by atoms with Crippen molar-refractivity contribution < 1.29 is 0 Å². The molecule has 0 amide bonds. The molecule has 0 heterocycles. The number of hydrogen-bond donors (Lipinski definition) is 0. The average molecular weight is 176 g/mol. The molecular formula is C13H20. The standard InChI is InChI=1S/C13H20/c1-4-8-13-11(5-2)9-7-10-12(13)6-3/h7,9-10H,4-6,8H2,1-3H3. The summed E-state index contributed by atoms with van der Waals surface area (Å²) in [5, 5.41) is 0. The van der Waals surface area contributed by atoms with Crippen LogP contribution in [0.5, 0.6) is 0 Å². The van der Waals surface area contributed by atoms with Crippen LogP contribution in [0, 0.1) is 0 Å². The van der Waals surface area contributed by atoms with E-state index in [0.717, 1.165) is 0 Å². The van der Waals surface area contributed by atoms with Crippen LogP contribution in [-0.2, 0) is 19.3 Å². The van der Waals surface area contributed by atoms with Gasteiger partial charge in [-0.2, -0.15) is 0 Å². The van der Waals surface area contributed by atoms with Crippen LogP contribution in [0.2, 0.25) is 0 Å². The zero-order valence-electron chi connectivity index (χ0n) is 9.06. The normalized spacial score (nSPS) is 10.4. The van der Waals surface area contributed by atoms with Gasteiger partial charge in [0.05, 0.1) is 0 Å². The van der Waals surface area contributed by atoms with Gasteiger partial charge in [0.1, 0.15) is 0 Å². The highest BCUT2D eigenvalue weighted by molar-refractivity contribution is 5.35. The maximum Gasteiger partial charge on any atom is -0.0276 e. The number of benzene rings is 1. The highest BCUT2D eigenvalue weighted by Crippen LogP contribution is 2.18. The van der Waals surface area contributed by atoms with Gasteiger partial charge in [-0.15, -0.1) is 0 Å². The first kappa shape index (κ1) is 10.3. The van der Waals surface area contributed by atoms with Crippen LogP contribution in [0.25, 0.3) is 0 Å². The van der Waals surface area contributed by atoms with Gasteiger partial charge in [0.25, 0.3) is 0 Å². The second-order valence-corrected chi connectivity index (χ2v) is 3.51. The molecule has 0 heteroatoms. The highest BCUT2D eigenvalue weighted by atomic mass is 14.1. The van der Waals surface area contributed by atoms with Crippen molar-refractivity contribution in [3.8, 4) is 0 Å². The molecule has 0 bridgehead atoms. The maximum absolute atomic E-state index is 2.27. The zero-order valence-corrected chi connectivity index (χ0v) is 9.06. The number of rotatable bonds is 4. The second kappa shape index (κ2) is 5.06. The van der Waals surface area contributed by atoms with Gasteiger partial charge in [-0.25, -0.2) is 0 Å². The summed E-state index contributed by atoms with van der Waals surface area (Å²) in [7, 11) is 0. The van der Waals surface area contributed by atoms with Crippen molar-refractivity contribution >= 4 is 0 Å². The smallest absolute Gasteiger partial charge is 0.0276 e. The minimum absolute atomic E-state index is 1.17. The molecule has 0 nitrogen and oxygen atoms in total. The molecule has 0 aliphatic carbocycles. The van der Waals surface area contributed by atoms with E-state index in [1.54, 1.807) is 16.7 Å². The quantitative estimate of drug-likeness (QED) is 0.655. The summed E-state index contributed by atoms with van der Waals surface area (Å²) in [6, 6.07) is 6.73. The first-order chi connectivity index (χ1) is 6.33. The van der Waals surface area contributed by atoms with Crippen molar-refractivity contribution in [2.75, 3.05) is 0 Å². The Kier molecular flexibility index (Phi) is 4.01. The molecule has 1 rings (SSSR count). The van der Waals surface area contributed by atoms with E-state index in [1.165, 1.54) is 25.7 Å². The van der Waals surface area contributed by atoms with Gasteiger partial charge < -0.3 is 0 Å². The van der Waals surface area contributed by atoms with E-state index in [4.69, 9.17) is 0 Å². The lowest BCUT2D eigenvalue weighted by Gasteiger charge is -2.11. The molecule has 0 aliphatic rings. The molecule has 0 atom stereocenters. The average Bonchev–Trinajstić information content (AvgIpc) is 2.18. The lowest BCUT2D eigenvalue weighted by atomic mass is 9.94. The third-order valence-corrected chi connectivity index (χ3v) is 2.63. The lowest BCUT2D eigenvalue weighted by Crippen LogP contribution is -1.98. The predicted octanol–water partition coefficient (Wildman–Crippen LogP) is 3.76. The van der Waals surface area contributed by atoms with Gasteiger partial charge in [-0.05, 0) is 36.0 Å². The summed E-state index contributed by atoms with van der Waals surface area (Å²) < 4.78 is 0. The van der Waals surface area contributed by atoms with E-state index < -0.39 is 0 Å². The fourth-order valence-electron chi connectivity index (χ4n) is 1.92. The van der Waals surface area contributed by atoms with Gasteiger partial charge in [0.15, 0.2) is 0 Å². The Balaban J connectivity index is 3.05. The van der Waals surface area contributed by atoms with Crippen LogP contribution in [0.1, 0.15) is 43.9 Å². The van der Waals surface area contributed by atoms with Gasteiger partial charge in [0, 0.05) is 0 Å². The molecular weight excluding hydrogens is 156 g/mol. The third kappa shape index (κ3) is 2.33. The first-order valence-corrected chi connectivity index (χ1v) is 5.43. The number of hydrogen-bond acceptors (Lipinski definition) is 0. The van der Waals surface area contributed by atoms with E-state index >= 15 is 0 Å². The Hall–Kier alpha value is -0.780. The van der Waals surface area contributed by atoms with E-state index in [2.05, 4.69) is 39.0 Å². The van der Waals surface area contributed by atoms with Crippen LogP contribution in [0.15, 0.2) is 18.2 Å². The van der Waals surface area contributed by atoms with Gasteiger partial charge in [-0.1, -0.05) is 45.4 Å². The molecule has 0 unspecified atom stereocenters. The summed E-state index contributed by atoms with van der Waals surface area (Å²) in [6.07, 6.45) is 4.84. The zero-order chi connectivity index (χ0) is 9.68. The summed E-state index contributed by atoms with van der Waals surface area (Å²) in [4.78, 5) is 0. The van der Waals surface area contributed by atoms with Crippen LogP contribution in [-0.4, -0.2) is 0 Å². The fourth-order valence-corrected chi connectivity index (χ4v) is 1.92.